The highest BCUT2D eigenvalue weighted by molar-refractivity contribution is 5.87. The molecule has 0 aromatic heterocycles. The maximum Gasteiger partial charge on any atom is 0.335 e. The number of nitrogens with one attached hydrogen (secondary N) is 1. The van der Waals surface area contributed by atoms with E-state index in [2.05, 4.69) is 5.32 Å². The van der Waals surface area contributed by atoms with Crippen molar-refractivity contribution in [3.63, 3.8) is 0 Å². The van der Waals surface area contributed by atoms with Gasteiger partial charge in [-0.1, -0.05) is 12.1 Å². The summed E-state index contributed by atoms with van der Waals surface area (Å²) in [6.45, 7) is 0.687. The molecule has 0 saturated carbocycles. The fraction of sp³-hybridized carbons (Fsp3) is 0.385. The maximum absolute atomic E-state index is 11.2. The second-order valence-corrected chi connectivity index (χ2v) is 4.45. The molecule has 0 aliphatic carbocycles. The summed E-state index contributed by atoms with van der Waals surface area (Å²) in [6.07, 6.45) is 1.65. The average molecular weight is 249 g/mol. The largest absolute Gasteiger partial charge is 0.480 e. The quantitative estimate of drug-likeness (QED) is 0.751. The highest BCUT2D eigenvalue weighted by atomic mass is 16.4. The van der Waals surface area contributed by atoms with Gasteiger partial charge in [0, 0.05) is 5.92 Å². The van der Waals surface area contributed by atoms with Crippen LogP contribution in [0.2, 0.25) is 0 Å². The topological polar surface area (TPSA) is 86.6 Å². The predicted octanol–water partition coefficient (Wildman–Crippen LogP) is 1.30. The first kappa shape index (κ1) is 12.6. The number of piperidine rings is 1. The van der Waals surface area contributed by atoms with Crippen LogP contribution in [-0.4, -0.2) is 34.7 Å². The smallest absolute Gasteiger partial charge is 0.335 e. The molecule has 0 spiro atoms. The van der Waals surface area contributed by atoms with Crippen LogP contribution in [-0.2, 0) is 4.79 Å². The summed E-state index contributed by atoms with van der Waals surface area (Å²) < 4.78 is 0. The number of aromatic carboxylic acids is 1. The molecule has 2 rings (SSSR count). The third kappa shape index (κ3) is 2.51. The Morgan fingerprint density at radius 1 is 1.28 bits per heavy atom. The van der Waals surface area contributed by atoms with E-state index in [1.165, 1.54) is 6.07 Å². The standard InChI is InChI=1S/C13H15NO4/c15-12(16)9-4-1-3-8(7-9)10-5-2-6-14-11(10)13(17)18/h1,3-4,7,10-11,14H,2,5-6H2,(H,15,16)(H,17,18). The van der Waals surface area contributed by atoms with Crippen LogP contribution in [0.5, 0.6) is 0 Å². The Balaban J connectivity index is 2.30. The van der Waals surface area contributed by atoms with Gasteiger partial charge in [0.2, 0.25) is 0 Å². The molecule has 1 aliphatic rings. The summed E-state index contributed by atoms with van der Waals surface area (Å²) in [5.41, 5.74) is 0.969. The van der Waals surface area contributed by atoms with Crippen LogP contribution >= 0.6 is 0 Å². The summed E-state index contributed by atoms with van der Waals surface area (Å²) in [5.74, 6) is -2.05. The molecule has 1 aromatic rings. The van der Waals surface area contributed by atoms with Crippen molar-refractivity contribution in [2.24, 2.45) is 0 Å². The van der Waals surface area contributed by atoms with Gasteiger partial charge in [-0.3, -0.25) is 4.79 Å². The van der Waals surface area contributed by atoms with Gasteiger partial charge in [0.25, 0.3) is 0 Å². The van der Waals surface area contributed by atoms with E-state index in [1.54, 1.807) is 18.2 Å². The van der Waals surface area contributed by atoms with Gasteiger partial charge >= 0.3 is 11.9 Å². The van der Waals surface area contributed by atoms with E-state index in [1.807, 2.05) is 0 Å². The third-order valence-electron chi connectivity index (χ3n) is 3.29. The zero-order valence-corrected chi connectivity index (χ0v) is 9.80. The van der Waals surface area contributed by atoms with Crippen molar-refractivity contribution in [3.8, 4) is 0 Å². The number of rotatable bonds is 3. The zero-order chi connectivity index (χ0) is 13.1. The lowest BCUT2D eigenvalue weighted by atomic mass is 9.84. The summed E-state index contributed by atoms with van der Waals surface area (Å²) in [4.78, 5) is 22.1. The minimum atomic E-state index is -0.993. The SMILES string of the molecule is O=C(O)c1cccc(C2CCCNC2C(=O)O)c1. The summed E-state index contributed by atoms with van der Waals surface area (Å²) in [6, 6.07) is 5.89. The normalized spacial score (nSPS) is 23.6. The van der Waals surface area contributed by atoms with Crippen molar-refractivity contribution >= 4 is 11.9 Å². The fourth-order valence-corrected chi connectivity index (χ4v) is 2.41. The van der Waals surface area contributed by atoms with Crippen LogP contribution in [0, 0.1) is 0 Å². The molecular weight excluding hydrogens is 234 g/mol. The molecule has 2 unspecified atom stereocenters. The lowest BCUT2D eigenvalue weighted by Gasteiger charge is -2.30. The number of aliphatic carboxylic acids is 1. The lowest BCUT2D eigenvalue weighted by molar-refractivity contribution is -0.140. The van der Waals surface area contributed by atoms with Gasteiger partial charge in [-0.15, -0.1) is 0 Å². The molecule has 0 amide bonds. The Morgan fingerprint density at radius 2 is 2.06 bits per heavy atom. The molecule has 5 nitrogen and oxygen atoms in total. The van der Waals surface area contributed by atoms with Gasteiger partial charge in [0.05, 0.1) is 5.56 Å². The minimum absolute atomic E-state index is 0.171. The number of hydrogen-bond donors (Lipinski definition) is 3. The van der Waals surface area contributed by atoms with Crippen LogP contribution < -0.4 is 5.32 Å². The number of benzene rings is 1. The summed E-state index contributed by atoms with van der Waals surface area (Å²) in [5, 5.41) is 21.1. The van der Waals surface area contributed by atoms with Crippen molar-refractivity contribution in [3.05, 3.63) is 35.4 Å². The van der Waals surface area contributed by atoms with E-state index in [0.29, 0.717) is 6.54 Å². The maximum atomic E-state index is 11.2. The van der Waals surface area contributed by atoms with E-state index in [-0.39, 0.29) is 11.5 Å². The lowest BCUT2D eigenvalue weighted by Crippen LogP contribution is -2.45. The van der Waals surface area contributed by atoms with Crippen molar-refractivity contribution in [2.75, 3.05) is 6.54 Å². The van der Waals surface area contributed by atoms with E-state index in [9.17, 15) is 9.59 Å². The van der Waals surface area contributed by atoms with Gasteiger partial charge in [-0.25, -0.2) is 4.79 Å². The van der Waals surface area contributed by atoms with Crippen LogP contribution in [0.4, 0.5) is 0 Å². The minimum Gasteiger partial charge on any atom is -0.480 e. The molecular formula is C13H15NO4. The van der Waals surface area contributed by atoms with Gasteiger partial charge in [0.1, 0.15) is 6.04 Å². The number of carboxylic acid groups (broad SMARTS) is 2. The fourth-order valence-electron chi connectivity index (χ4n) is 2.41. The molecule has 1 aromatic carbocycles. The van der Waals surface area contributed by atoms with Crippen LogP contribution in [0.3, 0.4) is 0 Å². The molecule has 0 radical (unpaired) electrons. The average Bonchev–Trinajstić information content (AvgIpc) is 2.39. The van der Waals surface area contributed by atoms with Gasteiger partial charge in [-0.05, 0) is 37.1 Å². The Bertz CT molecular complexity index is 472. The van der Waals surface area contributed by atoms with Gasteiger partial charge in [-0.2, -0.15) is 0 Å². The van der Waals surface area contributed by atoms with E-state index in [4.69, 9.17) is 10.2 Å². The molecule has 1 fully saturated rings. The van der Waals surface area contributed by atoms with Crippen molar-refractivity contribution < 1.29 is 19.8 Å². The molecule has 96 valence electrons. The Morgan fingerprint density at radius 3 is 2.72 bits per heavy atom. The Hall–Kier alpha value is -1.88. The van der Waals surface area contributed by atoms with Crippen molar-refractivity contribution in [1.82, 2.24) is 5.32 Å². The zero-order valence-electron chi connectivity index (χ0n) is 9.80. The number of carbonyl (C=O) groups is 2. The Labute approximate surface area is 104 Å². The highest BCUT2D eigenvalue weighted by Gasteiger charge is 2.31. The van der Waals surface area contributed by atoms with E-state index in [0.717, 1.165) is 18.4 Å². The second-order valence-electron chi connectivity index (χ2n) is 4.45. The molecule has 1 aliphatic heterocycles. The Kier molecular flexibility index (Phi) is 3.62. The third-order valence-corrected chi connectivity index (χ3v) is 3.29. The van der Waals surface area contributed by atoms with E-state index < -0.39 is 18.0 Å². The second kappa shape index (κ2) is 5.18. The number of hydrogen-bond acceptors (Lipinski definition) is 3. The predicted molar refractivity (Wildman–Crippen MR) is 64.8 cm³/mol. The first-order valence-electron chi connectivity index (χ1n) is 5.89. The molecule has 1 saturated heterocycles. The summed E-state index contributed by atoms with van der Waals surface area (Å²) in [7, 11) is 0. The van der Waals surface area contributed by atoms with Crippen LogP contribution in [0.25, 0.3) is 0 Å². The first-order chi connectivity index (χ1) is 8.59. The molecule has 5 heteroatoms. The van der Waals surface area contributed by atoms with Crippen LogP contribution in [0.1, 0.15) is 34.7 Å². The summed E-state index contributed by atoms with van der Waals surface area (Å²) >= 11 is 0. The molecule has 2 atom stereocenters. The van der Waals surface area contributed by atoms with Crippen molar-refractivity contribution in [1.29, 1.82) is 0 Å². The van der Waals surface area contributed by atoms with E-state index >= 15 is 0 Å². The monoisotopic (exact) mass is 249 g/mol. The first-order valence-corrected chi connectivity index (χ1v) is 5.89. The molecule has 3 N–H and O–H groups in total. The number of carboxylic acids is 2. The molecule has 18 heavy (non-hydrogen) atoms. The molecule has 0 bridgehead atoms. The van der Waals surface area contributed by atoms with Gasteiger partial charge in [0.15, 0.2) is 0 Å². The van der Waals surface area contributed by atoms with Crippen molar-refractivity contribution in [2.45, 2.75) is 24.8 Å². The van der Waals surface area contributed by atoms with Crippen LogP contribution in [0.15, 0.2) is 24.3 Å². The highest BCUT2D eigenvalue weighted by Crippen LogP contribution is 2.28. The van der Waals surface area contributed by atoms with Gasteiger partial charge < -0.3 is 15.5 Å². The molecule has 1 heterocycles.